The number of aromatic nitrogens is 1. The molecule has 1 atom stereocenters. The zero-order valence-corrected chi connectivity index (χ0v) is 11.3. The smallest absolute Gasteiger partial charge is 0.224 e. The molecule has 1 amide bonds. The van der Waals surface area contributed by atoms with Crippen molar-refractivity contribution in [3.63, 3.8) is 0 Å². The molecule has 3 N–H and O–H groups in total. The third-order valence-corrected chi connectivity index (χ3v) is 3.07. The van der Waals surface area contributed by atoms with Crippen LogP contribution in [0.25, 0.3) is 10.9 Å². The van der Waals surface area contributed by atoms with Crippen LogP contribution in [-0.4, -0.2) is 16.9 Å². The first-order valence-corrected chi connectivity index (χ1v) is 6.47. The van der Waals surface area contributed by atoms with E-state index in [-0.39, 0.29) is 11.9 Å². The van der Waals surface area contributed by atoms with E-state index in [0.717, 1.165) is 22.2 Å². The van der Waals surface area contributed by atoms with Gasteiger partial charge >= 0.3 is 0 Å². The molecule has 0 bridgehead atoms. The molecule has 100 valence electrons. The number of pyridine rings is 1. The number of amides is 1. The Morgan fingerprint density at radius 1 is 1.42 bits per heavy atom. The van der Waals surface area contributed by atoms with E-state index < -0.39 is 0 Å². The summed E-state index contributed by atoms with van der Waals surface area (Å²) >= 11 is 0. The number of anilines is 1. The van der Waals surface area contributed by atoms with Gasteiger partial charge in [0.15, 0.2) is 0 Å². The Balaban J connectivity index is 2.21. The summed E-state index contributed by atoms with van der Waals surface area (Å²) in [5.74, 6) is -0.00805. The van der Waals surface area contributed by atoms with Gasteiger partial charge in [-0.25, -0.2) is 0 Å². The molecule has 0 saturated heterocycles. The summed E-state index contributed by atoms with van der Waals surface area (Å²) in [6, 6.07) is 7.78. The molecule has 1 heterocycles. The maximum Gasteiger partial charge on any atom is 0.224 e. The zero-order valence-electron chi connectivity index (χ0n) is 11.3. The molecule has 4 heteroatoms. The highest BCUT2D eigenvalue weighted by Gasteiger charge is 2.08. The second-order valence-corrected chi connectivity index (χ2v) is 4.89. The fourth-order valence-electron chi connectivity index (χ4n) is 1.99. The minimum atomic E-state index is -0.00805. The molecule has 1 aromatic carbocycles. The first-order valence-electron chi connectivity index (χ1n) is 6.47. The summed E-state index contributed by atoms with van der Waals surface area (Å²) in [6.45, 7) is 3.91. The number of nitrogens with two attached hydrogens (primary N) is 1. The number of aryl methyl sites for hydroxylation is 1. The first-order chi connectivity index (χ1) is 9.08. The van der Waals surface area contributed by atoms with E-state index in [2.05, 4.69) is 10.3 Å². The predicted molar refractivity (Wildman–Crippen MR) is 78.0 cm³/mol. The number of rotatable bonds is 4. The topological polar surface area (TPSA) is 68.0 Å². The number of carbonyl (C=O) groups is 1. The second-order valence-electron chi connectivity index (χ2n) is 4.89. The fourth-order valence-corrected chi connectivity index (χ4v) is 1.99. The van der Waals surface area contributed by atoms with Gasteiger partial charge < -0.3 is 11.1 Å². The minimum Gasteiger partial charge on any atom is -0.328 e. The molecule has 0 aliphatic heterocycles. The van der Waals surface area contributed by atoms with Crippen LogP contribution in [0.4, 0.5) is 5.69 Å². The summed E-state index contributed by atoms with van der Waals surface area (Å²) < 4.78 is 0. The Morgan fingerprint density at radius 3 is 2.95 bits per heavy atom. The van der Waals surface area contributed by atoms with E-state index in [1.54, 1.807) is 6.20 Å². The lowest BCUT2D eigenvalue weighted by Gasteiger charge is -2.10. The van der Waals surface area contributed by atoms with Crippen LogP contribution in [0.1, 0.15) is 25.3 Å². The van der Waals surface area contributed by atoms with E-state index in [1.807, 2.05) is 38.1 Å². The molecule has 1 unspecified atom stereocenters. The molecule has 0 saturated carbocycles. The van der Waals surface area contributed by atoms with Gasteiger partial charge in [-0.3, -0.25) is 9.78 Å². The summed E-state index contributed by atoms with van der Waals surface area (Å²) in [5.41, 5.74) is 8.49. The number of benzene rings is 1. The normalized spacial score (nSPS) is 12.4. The summed E-state index contributed by atoms with van der Waals surface area (Å²) in [6.07, 6.45) is 2.89. The molecule has 0 spiro atoms. The lowest BCUT2D eigenvalue weighted by Crippen LogP contribution is -2.19. The fraction of sp³-hybridized carbons (Fsp3) is 0.333. The van der Waals surface area contributed by atoms with Crippen LogP contribution in [0, 0.1) is 6.92 Å². The molecular weight excluding hydrogens is 238 g/mol. The highest BCUT2D eigenvalue weighted by molar-refractivity contribution is 6.01. The van der Waals surface area contributed by atoms with Crippen molar-refractivity contribution in [1.29, 1.82) is 0 Å². The SMILES string of the molecule is Cc1ccc(NC(=O)CCC(C)N)c2cccnc12. The van der Waals surface area contributed by atoms with Gasteiger partial charge in [-0.05, 0) is 44.0 Å². The average molecular weight is 257 g/mol. The monoisotopic (exact) mass is 257 g/mol. The van der Waals surface area contributed by atoms with Gasteiger partial charge in [-0.1, -0.05) is 6.07 Å². The van der Waals surface area contributed by atoms with E-state index >= 15 is 0 Å². The van der Waals surface area contributed by atoms with Gasteiger partial charge in [0.1, 0.15) is 0 Å². The highest BCUT2D eigenvalue weighted by Crippen LogP contribution is 2.24. The molecular formula is C15H19N3O. The van der Waals surface area contributed by atoms with E-state index in [9.17, 15) is 4.79 Å². The van der Waals surface area contributed by atoms with E-state index in [0.29, 0.717) is 12.8 Å². The standard InChI is InChI=1S/C15H19N3O/c1-10-5-7-13(12-4-3-9-17-15(10)12)18-14(19)8-6-11(2)16/h3-5,7,9,11H,6,8,16H2,1-2H3,(H,18,19). The number of fused-ring (bicyclic) bond motifs is 1. The van der Waals surface area contributed by atoms with Crippen LogP contribution in [-0.2, 0) is 4.79 Å². The van der Waals surface area contributed by atoms with Crippen LogP contribution in [0.15, 0.2) is 30.5 Å². The number of hydrogen-bond donors (Lipinski definition) is 2. The molecule has 0 radical (unpaired) electrons. The molecule has 1 aromatic heterocycles. The number of nitrogens with zero attached hydrogens (tertiary/aromatic N) is 1. The van der Waals surface area contributed by atoms with Crippen LogP contribution < -0.4 is 11.1 Å². The molecule has 0 aliphatic carbocycles. The zero-order chi connectivity index (χ0) is 13.8. The second kappa shape index (κ2) is 5.80. The van der Waals surface area contributed by atoms with Crippen LogP contribution in [0.5, 0.6) is 0 Å². The summed E-state index contributed by atoms with van der Waals surface area (Å²) in [7, 11) is 0. The number of carbonyl (C=O) groups excluding carboxylic acids is 1. The van der Waals surface area contributed by atoms with Crippen molar-refractivity contribution in [3.05, 3.63) is 36.0 Å². The molecule has 2 aromatic rings. The molecule has 0 aliphatic rings. The van der Waals surface area contributed by atoms with Gasteiger partial charge in [0.2, 0.25) is 5.91 Å². The van der Waals surface area contributed by atoms with Crippen molar-refractivity contribution in [2.75, 3.05) is 5.32 Å². The van der Waals surface area contributed by atoms with Gasteiger partial charge in [0, 0.05) is 24.0 Å². The Labute approximate surface area is 113 Å². The van der Waals surface area contributed by atoms with Crippen LogP contribution >= 0.6 is 0 Å². The third kappa shape index (κ3) is 3.29. The first kappa shape index (κ1) is 13.5. The van der Waals surface area contributed by atoms with Crippen molar-refractivity contribution in [2.45, 2.75) is 32.7 Å². The Bertz CT molecular complexity index is 593. The van der Waals surface area contributed by atoms with Gasteiger partial charge in [-0.2, -0.15) is 0 Å². The molecule has 4 nitrogen and oxygen atoms in total. The number of hydrogen-bond acceptors (Lipinski definition) is 3. The number of nitrogens with one attached hydrogen (secondary N) is 1. The summed E-state index contributed by atoms with van der Waals surface area (Å²) in [4.78, 5) is 16.2. The Kier molecular flexibility index (Phi) is 4.12. The third-order valence-electron chi connectivity index (χ3n) is 3.07. The largest absolute Gasteiger partial charge is 0.328 e. The van der Waals surface area contributed by atoms with E-state index in [4.69, 9.17) is 5.73 Å². The van der Waals surface area contributed by atoms with Gasteiger partial charge in [0.05, 0.1) is 11.2 Å². The molecule has 2 rings (SSSR count). The lowest BCUT2D eigenvalue weighted by atomic mass is 10.1. The maximum absolute atomic E-state index is 11.9. The average Bonchev–Trinajstić information content (AvgIpc) is 2.40. The highest BCUT2D eigenvalue weighted by atomic mass is 16.1. The lowest BCUT2D eigenvalue weighted by molar-refractivity contribution is -0.116. The van der Waals surface area contributed by atoms with Crippen molar-refractivity contribution >= 4 is 22.5 Å². The van der Waals surface area contributed by atoms with Gasteiger partial charge in [0.25, 0.3) is 0 Å². The molecule has 19 heavy (non-hydrogen) atoms. The molecule has 0 fully saturated rings. The van der Waals surface area contributed by atoms with Crippen LogP contribution in [0.3, 0.4) is 0 Å². The predicted octanol–water partition coefficient (Wildman–Crippen LogP) is 2.61. The van der Waals surface area contributed by atoms with Crippen molar-refractivity contribution < 1.29 is 4.79 Å². The Hall–Kier alpha value is -1.94. The van der Waals surface area contributed by atoms with Crippen molar-refractivity contribution in [3.8, 4) is 0 Å². The Morgan fingerprint density at radius 2 is 2.21 bits per heavy atom. The minimum absolute atomic E-state index is 0.00805. The van der Waals surface area contributed by atoms with Crippen molar-refractivity contribution in [1.82, 2.24) is 4.98 Å². The maximum atomic E-state index is 11.9. The van der Waals surface area contributed by atoms with Crippen molar-refractivity contribution in [2.24, 2.45) is 5.73 Å². The van der Waals surface area contributed by atoms with E-state index in [1.165, 1.54) is 0 Å². The van der Waals surface area contributed by atoms with Gasteiger partial charge in [-0.15, -0.1) is 0 Å². The van der Waals surface area contributed by atoms with Crippen LogP contribution in [0.2, 0.25) is 0 Å². The summed E-state index contributed by atoms with van der Waals surface area (Å²) in [5, 5.41) is 3.90. The quantitative estimate of drug-likeness (QED) is 0.884.